The number of hydrogen-bond donors (Lipinski definition) is 1. The summed E-state index contributed by atoms with van der Waals surface area (Å²) in [5.74, 6) is 1.21. The van der Waals surface area contributed by atoms with E-state index in [1.165, 1.54) is 17.3 Å². The van der Waals surface area contributed by atoms with Gasteiger partial charge in [0.15, 0.2) is 0 Å². The van der Waals surface area contributed by atoms with Crippen LogP contribution in [0.3, 0.4) is 0 Å². The van der Waals surface area contributed by atoms with Crippen LogP contribution >= 0.6 is 11.8 Å². The molecule has 1 aromatic carbocycles. The highest BCUT2D eigenvalue weighted by Crippen LogP contribution is 2.26. The van der Waals surface area contributed by atoms with Gasteiger partial charge in [0.1, 0.15) is 11.6 Å². The van der Waals surface area contributed by atoms with E-state index in [9.17, 15) is 4.79 Å². The maximum atomic E-state index is 12.0. The Morgan fingerprint density at radius 2 is 1.92 bits per heavy atom. The molecule has 1 atom stereocenters. The molecule has 0 aliphatic rings. The van der Waals surface area contributed by atoms with Crippen molar-refractivity contribution < 1.29 is 13.9 Å². The largest absolute Gasteiger partial charge is 0.444 e. The van der Waals surface area contributed by atoms with E-state index in [1.54, 1.807) is 0 Å². The molecule has 0 spiro atoms. The van der Waals surface area contributed by atoms with Crippen LogP contribution in [-0.2, 0) is 10.5 Å². The average molecular weight is 363 g/mol. The zero-order chi connectivity index (χ0) is 18.4. The Labute approximate surface area is 152 Å². The normalized spacial score (nSPS) is 12.9. The third-order valence-electron chi connectivity index (χ3n) is 3.23. The SMILES string of the molecule is CC(C)C(NC(=O)OC(C)(C)C)c1nnc(SCc2ccccc2)o1. The highest BCUT2D eigenvalue weighted by atomic mass is 32.2. The molecule has 0 aliphatic heterocycles. The van der Waals surface area contributed by atoms with E-state index in [4.69, 9.17) is 9.15 Å². The van der Waals surface area contributed by atoms with Crippen LogP contribution in [0.4, 0.5) is 4.79 Å². The number of ether oxygens (including phenoxy) is 1. The summed E-state index contributed by atoms with van der Waals surface area (Å²) < 4.78 is 11.0. The first-order valence-electron chi connectivity index (χ1n) is 8.24. The Balaban J connectivity index is 1.99. The molecule has 25 heavy (non-hydrogen) atoms. The molecular weight excluding hydrogens is 338 g/mol. The molecule has 0 saturated carbocycles. The van der Waals surface area contributed by atoms with E-state index in [0.29, 0.717) is 11.1 Å². The third kappa shape index (κ3) is 6.42. The Hall–Kier alpha value is -2.02. The molecule has 1 unspecified atom stereocenters. The Bertz CT molecular complexity index is 680. The minimum Gasteiger partial charge on any atom is -0.444 e. The van der Waals surface area contributed by atoms with Gasteiger partial charge in [0.05, 0.1) is 0 Å². The lowest BCUT2D eigenvalue weighted by atomic mass is 10.1. The minimum absolute atomic E-state index is 0.0833. The maximum Gasteiger partial charge on any atom is 0.408 e. The zero-order valence-electron chi connectivity index (χ0n) is 15.3. The molecule has 0 fully saturated rings. The van der Waals surface area contributed by atoms with Gasteiger partial charge < -0.3 is 14.5 Å². The second-order valence-corrected chi connectivity index (χ2v) is 7.97. The molecule has 1 heterocycles. The van der Waals surface area contributed by atoms with E-state index in [-0.39, 0.29) is 5.92 Å². The average Bonchev–Trinajstić information content (AvgIpc) is 2.98. The van der Waals surface area contributed by atoms with Crippen LogP contribution in [0.25, 0.3) is 0 Å². The van der Waals surface area contributed by atoms with Gasteiger partial charge in [0.25, 0.3) is 5.22 Å². The summed E-state index contributed by atoms with van der Waals surface area (Å²) in [7, 11) is 0. The zero-order valence-corrected chi connectivity index (χ0v) is 16.1. The van der Waals surface area contributed by atoms with Crippen LogP contribution in [0.1, 0.15) is 52.1 Å². The second-order valence-electron chi connectivity index (χ2n) is 7.05. The number of carbonyl (C=O) groups is 1. The number of carbonyl (C=O) groups excluding carboxylic acids is 1. The molecule has 136 valence electrons. The molecule has 1 amide bonds. The summed E-state index contributed by atoms with van der Waals surface area (Å²) in [6.45, 7) is 9.41. The molecule has 2 rings (SSSR count). The maximum absolute atomic E-state index is 12.0. The molecule has 1 aromatic heterocycles. The van der Waals surface area contributed by atoms with Crippen LogP contribution in [0.15, 0.2) is 40.0 Å². The van der Waals surface area contributed by atoms with Gasteiger partial charge in [-0.05, 0) is 32.3 Å². The van der Waals surface area contributed by atoms with Crippen molar-refractivity contribution >= 4 is 17.9 Å². The molecule has 6 nitrogen and oxygen atoms in total. The summed E-state index contributed by atoms with van der Waals surface area (Å²) in [5.41, 5.74) is 0.622. The van der Waals surface area contributed by atoms with Crippen molar-refractivity contribution in [2.24, 2.45) is 5.92 Å². The fourth-order valence-corrected chi connectivity index (χ4v) is 2.80. The van der Waals surface area contributed by atoms with Crippen LogP contribution < -0.4 is 5.32 Å². The molecule has 0 saturated heterocycles. The van der Waals surface area contributed by atoms with Crippen LogP contribution in [0.5, 0.6) is 0 Å². The fourth-order valence-electron chi connectivity index (χ4n) is 2.07. The lowest BCUT2D eigenvalue weighted by Gasteiger charge is -2.23. The molecule has 7 heteroatoms. The number of alkyl carbamates (subject to hydrolysis) is 1. The Morgan fingerprint density at radius 3 is 2.52 bits per heavy atom. The van der Waals surface area contributed by atoms with E-state index in [2.05, 4.69) is 15.5 Å². The highest BCUT2D eigenvalue weighted by Gasteiger charge is 2.27. The summed E-state index contributed by atoms with van der Waals surface area (Å²) in [5, 5.41) is 11.5. The molecule has 0 bridgehead atoms. The molecular formula is C18H25N3O3S. The first kappa shape index (κ1) is 19.3. The van der Waals surface area contributed by atoms with Crippen molar-refractivity contribution in [1.82, 2.24) is 15.5 Å². The standard InChI is InChI=1S/C18H25N3O3S/c1-12(2)14(19-16(22)24-18(3,4)5)15-20-21-17(23-15)25-11-13-9-7-6-8-10-13/h6-10,12,14H,11H2,1-5H3,(H,19,22). The van der Waals surface area contributed by atoms with E-state index in [0.717, 1.165) is 5.75 Å². The number of amides is 1. The number of thioether (sulfide) groups is 1. The van der Waals surface area contributed by atoms with Crippen molar-refractivity contribution in [3.05, 3.63) is 41.8 Å². The molecule has 0 aliphatic carbocycles. The van der Waals surface area contributed by atoms with Gasteiger partial charge in [0, 0.05) is 5.75 Å². The van der Waals surface area contributed by atoms with Crippen LogP contribution in [0, 0.1) is 5.92 Å². The fraction of sp³-hybridized carbons (Fsp3) is 0.500. The van der Waals surface area contributed by atoms with Gasteiger partial charge in [-0.25, -0.2) is 4.79 Å². The first-order valence-corrected chi connectivity index (χ1v) is 9.23. The highest BCUT2D eigenvalue weighted by molar-refractivity contribution is 7.98. The number of hydrogen-bond acceptors (Lipinski definition) is 6. The lowest BCUT2D eigenvalue weighted by molar-refractivity contribution is 0.0477. The van der Waals surface area contributed by atoms with Crippen molar-refractivity contribution in [1.29, 1.82) is 0 Å². The number of aromatic nitrogens is 2. The van der Waals surface area contributed by atoms with Crippen molar-refractivity contribution in [3.8, 4) is 0 Å². The summed E-state index contributed by atoms with van der Waals surface area (Å²) >= 11 is 1.47. The van der Waals surface area contributed by atoms with Crippen LogP contribution in [-0.4, -0.2) is 21.9 Å². The van der Waals surface area contributed by atoms with Gasteiger partial charge in [-0.15, -0.1) is 10.2 Å². The van der Waals surface area contributed by atoms with Crippen molar-refractivity contribution in [2.75, 3.05) is 0 Å². The third-order valence-corrected chi connectivity index (χ3v) is 4.12. The molecule has 1 N–H and O–H groups in total. The summed E-state index contributed by atoms with van der Waals surface area (Å²) in [4.78, 5) is 12.0. The monoisotopic (exact) mass is 363 g/mol. The van der Waals surface area contributed by atoms with Gasteiger partial charge in [-0.1, -0.05) is 55.9 Å². The predicted octanol–water partition coefficient (Wildman–Crippen LogP) is 4.58. The predicted molar refractivity (Wildman–Crippen MR) is 97.2 cm³/mol. The van der Waals surface area contributed by atoms with Gasteiger partial charge >= 0.3 is 6.09 Å². The van der Waals surface area contributed by atoms with Crippen molar-refractivity contribution in [2.45, 2.75) is 57.2 Å². The van der Waals surface area contributed by atoms with E-state index in [1.807, 2.05) is 65.0 Å². The van der Waals surface area contributed by atoms with Gasteiger partial charge in [-0.2, -0.15) is 0 Å². The van der Waals surface area contributed by atoms with E-state index < -0.39 is 17.7 Å². The number of nitrogens with one attached hydrogen (secondary N) is 1. The molecule has 2 aromatic rings. The first-order chi connectivity index (χ1) is 11.7. The summed E-state index contributed by atoms with van der Waals surface area (Å²) in [6.07, 6.45) is -0.497. The lowest BCUT2D eigenvalue weighted by Crippen LogP contribution is -2.37. The minimum atomic E-state index is -0.558. The second kappa shape index (κ2) is 8.38. The Kier molecular flexibility index (Phi) is 6.47. The van der Waals surface area contributed by atoms with Gasteiger partial charge in [0.2, 0.25) is 5.89 Å². The van der Waals surface area contributed by atoms with E-state index >= 15 is 0 Å². The topological polar surface area (TPSA) is 77.2 Å². The molecule has 0 radical (unpaired) electrons. The number of benzene rings is 1. The summed E-state index contributed by atoms with van der Waals surface area (Å²) in [6, 6.07) is 9.67. The number of nitrogens with zero attached hydrogens (tertiary/aromatic N) is 2. The Morgan fingerprint density at radius 1 is 1.24 bits per heavy atom. The van der Waals surface area contributed by atoms with Crippen molar-refractivity contribution in [3.63, 3.8) is 0 Å². The number of rotatable bonds is 6. The van der Waals surface area contributed by atoms with Gasteiger partial charge in [-0.3, -0.25) is 0 Å². The van der Waals surface area contributed by atoms with Crippen LogP contribution in [0.2, 0.25) is 0 Å². The smallest absolute Gasteiger partial charge is 0.408 e. The quantitative estimate of drug-likeness (QED) is 0.757.